The molecular weight excluding hydrogens is 312 g/mol. The monoisotopic (exact) mass is 344 g/mol. The Kier molecular flexibility index (Phi) is 7.96. The summed E-state index contributed by atoms with van der Waals surface area (Å²) >= 11 is 0. The van der Waals surface area contributed by atoms with Crippen molar-refractivity contribution in [2.45, 2.75) is 64.8 Å². The van der Waals surface area contributed by atoms with Gasteiger partial charge in [0.05, 0.1) is 0 Å². The molecule has 2 N–H and O–H groups in total. The second kappa shape index (κ2) is 10.2. The average molecular weight is 344 g/mol. The van der Waals surface area contributed by atoms with Crippen LogP contribution in [-0.4, -0.2) is 24.4 Å². The molecule has 1 saturated carbocycles. The van der Waals surface area contributed by atoms with Crippen LogP contribution in [0.25, 0.3) is 0 Å². The Balaban J connectivity index is 1.84. The Morgan fingerprint density at radius 3 is 2.40 bits per heavy atom. The van der Waals surface area contributed by atoms with Gasteiger partial charge in [-0.25, -0.2) is 0 Å². The Labute approximate surface area is 151 Å². The van der Waals surface area contributed by atoms with Gasteiger partial charge in [0.15, 0.2) is 0 Å². The van der Waals surface area contributed by atoms with E-state index >= 15 is 0 Å². The van der Waals surface area contributed by atoms with E-state index in [1.165, 1.54) is 12.0 Å². The van der Waals surface area contributed by atoms with Crippen LogP contribution < -0.4 is 10.6 Å². The lowest BCUT2D eigenvalue weighted by atomic mass is 9.88. The van der Waals surface area contributed by atoms with Crippen LogP contribution in [0.2, 0.25) is 0 Å². The number of nitrogens with one attached hydrogen (secondary N) is 2. The third-order valence-corrected chi connectivity index (χ3v) is 4.87. The lowest BCUT2D eigenvalue weighted by Crippen LogP contribution is -2.49. The number of carbonyl (C=O) groups excluding carboxylic acids is 2. The molecule has 0 unspecified atom stereocenters. The van der Waals surface area contributed by atoms with Crippen LogP contribution in [0.15, 0.2) is 30.3 Å². The van der Waals surface area contributed by atoms with Crippen molar-refractivity contribution in [1.82, 2.24) is 10.6 Å². The molecule has 1 aromatic rings. The van der Waals surface area contributed by atoms with Crippen LogP contribution in [0.5, 0.6) is 0 Å². The molecule has 25 heavy (non-hydrogen) atoms. The van der Waals surface area contributed by atoms with E-state index in [4.69, 9.17) is 0 Å². The SMILES string of the molecule is CC(C)C[C@@H](NC(=O)C1CCCCC1)C(=O)NCCc1ccccc1. The standard InChI is InChI=1S/C21H32N2O2/c1-16(2)15-19(23-20(24)18-11-7-4-8-12-18)21(25)22-14-13-17-9-5-3-6-10-17/h3,5-6,9-10,16,18-19H,4,7-8,11-15H2,1-2H3,(H,22,25)(H,23,24)/t19-/m1/s1. The van der Waals surface area contributed by atoms with E-state index in [0.29, 0.717) is 18.9 Å². The number of rotatable bonds is 8. The van der Waals surface area contributed by atoms with Crippen LogP contribution in [0.1, 0.15) is 57.9 Å². The maximum Gasteiger partial charge on any atom is 0.242 e. The minimum atomic E-state index is -0.426. The molecule has 2 rings (SSSR count). The van der Waals surface area contributed by atoms with Crippen LogP contribution in [0, 0.1) is 11.8 Å². The number of amides is 2. The van der Waals surface area contributed by atoms with Crippen molar-refractivity contribution >= 4 is 11.8 Å². The van der Waals surface area contributed by atoms with Gasteiger partial charge < -0.3 is 10.6 Å². The first-order valence-corrected chi connectivity index (χ1v) is 9.68. The van der Waals surface area contributed by atoms with Crippen LogP contribution in [-0.2, 0) is 16.0 Å². The normalized spacial score (nSPS) is 16.4. The lowest BCUT2D eigenvalue weighted by Gasteiger charge is -2.25. The maximum atomic E-state index is 12.6. The molecule has 1 aromatic carbocycles. The molecule has 0 heterocycles. The van der Waals surface area contributed by atoms with Gasteiger partial charge in [0, 0.05) is 12.5 Å². The van der Waals surface area contributed by atoms with E-state index in [1.807, 2.05) is 18.2 Å². The van der Waals surface area contributed by atoms with Crippen molar-refractivity contribution in [2.75, 3.05) is 6.54 Å². The quantitative estimate of drug-likeness (QED) is 0.759. The maximum absolute atomic E-state index is 12.6. The molecular formula is C21H32N2O2. The summed E-state index contributed by atoms with van der Waals surface area (Å²) in [5, 5.41) is 6.01. The third-order valence-electron chi connectivity index (χ3n) is 4.87. The van der Waals surface area contributed by atoms with Gasteiger partial charge in [-0.2, -0.15) is 0 Å². The molecule has 138 valence electrons. The summed E-state index contributed by atoms with van der Waals surface area (Å²) < 4.78 is 0. The van der Waals surface area contributed by atoms with Gasteiger partial charge >= 0.3 is 0 Å². The van der Waals surface area contributed by atoms with Crippen molar-refractivity contribution < 1.29 is 9.59 Å². The van der Waals surface area contributed by atoms with E-state index in [-0.39, 0.29) is 17.7 Å². The molecule has 4 heteroatoms. The van der Waals surface area contributed by atoms with E-state index in [1.54, 1.807) is 0 Å². The number of benzene rings is 1. The second-order valence-corrected chi connectivity index (χ2v) is 7.55. The first-order valence-electron chi connectivity index (χ1n) is 9.68. The Bertz CT molecular complexity index is 536. The van der Waals surface area contributed by atoms with Gasteiger partial charge in [0.25, 0.3) is 0 Å². The second-order valence-electron chi connectivity index (χ2n) is 7.55. The van der Waals surface area contributed by atoms with Gasteiger partial charge in [0.1, 0.15) is 6.04 Å². The smallest absolute Gasteiger partial charge is 0.242 e. The average Bonchev–Trinajstić information content (AvgIpc) is 2.62. The fraction of sp³-hybridized carbons (Fsp3) is 0.619. The van der Waals surface area contributed by atoms with Crippen LogP contribution >= 0.6 is 0 Å². The predicted octanol–water partition coefficient (Wildman–Crippen LogP) is 3.46. The Morgan fingerprint density at radius 2 is 1.76 bits per heavy atom. The molecule has 4 nitrogen and oxygen atoms in total. The summed E-state index contributed by atoms with van der Waals surface area (Å²) in [6, 6.07) is 9.68. The highest BCUT2D eigenvalue weighted by molar-refractivity contribution is 5.88. The molecule has 2 amide bonds. The van der Waals surface area contributed by atoms with Gasteiger partial charge in [-0.1, -0.05) is 63.4 Å². The molecule has 0 bridgehead atoms. The molecule has 0 spiro atoms. The van der Waals surface area contributed by atoms with Gasteiger partial charge in [0.2, 0.25) is 11.8 Å². The van der Waals surface area contributed by atoms with Crippen molar-refractivity contribution in [3.8, 4) is 0 Å². The number of carbonyl (C=O) groups is 2. The lowest BCUT2D eigenvalue weighted by molar-refractivity contribution is -0.132. The molecule has 1 aliphatic rings. The largest absolute Gasteiger partial charge is 0.354 e. The Morgan fingerprint density at radius 1 is 1.08 bits per heavy atom. The summed E-state index contributed by atoms with van der Waals surface area (Å²) in [7, 11) is 0. The molecule has 0 aliphatic heterocycles. The van der Waals surface area contributed by atoms with Crippen molar-refractivity contribution in [1.29, 1.82) is 0 Å². The van der Waals surface area contributed by atoms with E-state index in [2.05, 4.69) is 36.6 Å². The minimum Gasteiger partial charge on any atom is -0.354 e. The molecule has 0 saturated heterocycles. The minimum absolute atomic E-state index is 0.0589. The predicted molar refractivity (Wildman–Crippen MR) is 101 cm³/mol. The first kappa shape index (κ1) is 19.5. The highest BCUT2D eigenvalue weighted by Crippen LogP contribution is 2.24. The number of hydrogen-bond acceptors (Lipinski definition) is 2. The third kappa shape index (κ3) is 6.89. The zero-order valence-corrected chi connectivity index (χ0v) is 15.6. The summed E-state index contributed by atoms with van der Waals surface area (Å²) in [6.07, 6.45) is 6.85. The Hall–Kier alpha value is -1.84. The fourth-order valence-corrected chi connectivity index (χ4v) is 3.46. The highest BCUT2D eigenvalue weighted by Gasteiger charge is 2.27. The topological polar surface area (TPSA) is 58.2 Å². The molecule has 1 atom stereocenters. The van der Waals surface area contributed by atoms with Gasteiger partial charge in [-0.05, 0) is 37.2 Å². The molecule has 1 fully saturated rings. The molecule has 0 aromatic heterocycles. The van der Waals surface area contributed by atoms with E-state index in [9.17, 15) is 9.59 Å². The number of hydrogen-bond donors (Lipinski definition) is 2. The van der Waals surface area contributed by atoms with Crippen LogP contribution in [0.4, 0.5) is 0 Å². The molecule has 0 radical (unpaired) electrons. The van der Waals surface area contributed by atoms with E-state index < -0.39 is 6.04 Å². The van der Waals surface area contributed by atoms with Gasteiger partial charge in [-0.15, -0.1) is 0 Å². The fourth-order valence-electron chi connectivity index (χ4n) is 3.46. The zero-order chi connectivity index (χ0) is 18.1. The van der Waals surface area contributed by atoms with Crippen molar-refractivity contribution in [2.24, 2.45) is 11.8 Å². The van der Waals surface area contributed by atoms with E-state index in [0.717, 1.165) is 32.1 Å². The van der Waals surface area contributed by atoms with Crippen molar-refractivity contribution in [3.63, 3.8) is 0 Å². The molecule has 1 aliphatic carbocycles. The summed E-state index contributed by atoms with van der Waals surface area (Å²) in [4.78, 5) is 25.1. The summed E-state index contributed by atoms with van der Waals surface area (Å²) in [5.41, 5.74) is 1.20. The first-order chi connectivity index (χ1) is 12.1. The van der Waals surface area contributed by atoms with Crippen molar-refractivity contribution in [3.05, 3.63) is 35.9 Å². The van der Waals surface area contributed by atoms with Gasteiger partial charge in [-0.3, -0.25) is 9.59 Å². The summed E-state index contributed by atoms with van der Waals surface area (Å²) in [6.45, 7) is 4.75. The summed E-state index contributed by atoms with van der Waals surface area (Å²) in [5.74, 6) is 0.439. The van der Waals surface area contributed by atoms with Crippen LogP contribution in [0.3, 0.4) is 0 Å². The zero-order valence-electron chi connectivity index (χ0n) is 15.6. The highest BCUT2D eigenvalue weighted by atomic mass is 16.2.